The van der Waals surface area contributed by atoms with Crippen molar-refractivity contribution < 1.29 is 9.47 Å². The number of hydrogen-bond acceptors (Lipinski definition) is 3. The standard InChI is InChI=1S/C15H31N3O2/c1-16-15(17-9-4-3-5-11-19-2)18-10-6-12-20-13-14-7-8-14/h14H,3-13H2,1-2H3,(H2,16,17,18). The summed E-state index contributed by atoms with van der Waals surface area (Å²) < 4.78 is 10.6. The summed E-state index contributed by atoms with van der Waals surface area (Å²) in [5.41, 5.74) is 0. The van der Waals surface area contributed by atoms with E-state index in [1.807, 2.05) is 7.05 Å². The van der Waals surface area contributed by atoms with Gasteiger partial charge in [-0.3, -0.25) is 4.99 Å². The van der Waals surface area contributed by atoms with Crippen LogP contribution >= 0.6 is 0 Å². The summed E-state index contributed by atoms with van der Waals surface area (Å²) in [6.07, 6.45) is 7.21. The van der Waals surface area contributed by atoms with Crippen LogP contribution in [0.4, 0.5) is 0 Å². The zero-order chi connectivity index (χ0) is 14.5. The Labute approximate surface area is 123 Å². The summed E-state index contributed by atoms with van der Waals surface area (Å²) in [6, 6.07) is 0. The van der Waals surface area contributed by atoms with E-state index in [-0.39, 0.29) is 0 Å². The summed E-state index contributed by atoms with van der Waals surface area (Å²) in [7, 11) is 3.56. The molecule has 20 heavy (non-hydrogen) atoms. The maximum atomic E-state index is 5.60. The van der Waals surface area contributed by atoms with E-state index in [4.69, 9.17) is 9.47 Å². The Morgan fingerprint density at radius 3 is 2.45 bits per heavy atom. The molecule has 5 nitrogen and oxygen atoms in total. The second kappa shape index (κ2) is 12.0. The Morgan fingerprint density at radius 1 is 1.05 bits per heavy atom. The highest BCUT2D eigenvalue weighted by Gasteiger charge is 2.20. The molecular formula is C15H31N3O2. The maximum Gasteiger partial charge on any atom is 0.190 e. The van der Waals surface area contributed by atoms with Gasteiger partial charge in [0.05, 0.1) is 0 Å². The molecule has 1 aliphatic rings. The van der Waals surface area contributed by atoms with E-state index >= 15 is 0 Å². The van der Waals surface area contributed by atoms with Crippen LogP contribution in [0.25, 0.3) is 0 Å². The molecule has 0 aromatic rings. The summed E-state index contributed by atoms with van der Waals surface area (Å²) in [4.78, 5) is 4.21. The Morgan fingerprint density at radius 2 is 1.80 bits per heavy atom. The van der Waals surface area contributed by atoms with Gasteiger partial charge in [0.25, 0.3) is 0 Å². The summed E-state index contributed by atoms with van der Waals surface area (Å²) in [5.74, 6) is 1.74. The third kappa shape index (κ3) is 10.0. The van der Waals surface area contributed by atoms with Crippen LogP contribution in [0.2, 0.25) is 0 Å². The van der Waals surface area contributed by atoms with Crippen molar-refractivity contribution in [1.29, 1.82) is 0 Å². The smallest absolute Gasteiger partial charge is 0.190 e. The van der Waals surface area contributed by atoms with Gasteiger partial charge >= 0.3 is 0 Å². The van der Waals surface area contributed by atoms with E-state index in [9.17, 15) is 0 Å². The maximum absolute atomic E-state index is 5.60. The van der Waals surface area contributed by atoms with Crippen LogP contribution in [0.15, 0.2) is 4.99 Å². The lowest BCUT2D eigenvalue weighted by atomic mass is 10.2. The van der Waals surface area contributed by atoms with Gasteiger partial charge in [0.15, 0.2) is 5.96 Å². The van der Waals surface area contributed by atoms with Crippen molar-refractivity contribution in [2.24, 2.45) is 10.9 Å². The molecular weight excluding hydrogens is 254 g/mol. The topological polar surface area (TPSA) is 54.9 Å². The monoisotopic (exact) mass is 285 g/mol. The molecule has 0 aliphatic heterocycles. The van der Waals surface area contributed by atoms with Gasteiger partial charge in [-0.05, 0) is 44.4 Å². The molecule has 0 aromatic heterocycles. The molecule has 1 fully saturated rings. The zero-order valence-electron chi connectivity index (χ0n) is 13.1. The van der Waals surface area contributed by atoms with Gasteiger partial charge in [-0.15, -0.1) is 0 Å². The van der Waals surface area contributed by atoms with Crippen LogP contribution in [0.1, 0.15) is 38.5 Å². The average molecular weight is 285 g/mol. The number of ether oxygens (including phenoxy) is 2. The Bertz CT molecular complexity index is 256. The molecule has 118 valence electrons. The van der Waals surface area contributed by atoms with E-state index in [0.717, 1.165) is 64.1 Å². The van der Waals surface area contributed by atoms with Crippen LogP contribution in [-0.4, -0.2) is 53.0 Å². The Balaban J connectivity index is 1.85. The minimum atomic E-state index is 0.845. The van der Waals surface area contributed by atoms with Gasteiger partial charge in [-0.25, -0.2) is 0 Å². The third-order valence-electron chi connectivity index (χ3n) is 3.35. The van der Waals surface area contributed by atoms with Crippen LogP contribution in [0.3, 0.4) is 0 Å². The second-order valence-electron chi connectivity index (χ2n) is 5.35. The van der Waals surface area contributed by atoms with E-state index in [2.05, 4.69) is 15.6 Å². The molecule has 0 atom stereocenters. The van der Waals surface area contributed by atoms with Gasteiger partial charge in [0, 0.05) is 47.1 Å². The number of nitrogens with one attached hydrogen (secondary N) is 2. The highest BCUT2D eigenvalue weighted by molar-refractivity contribution is 5.79. The number of guanidine groups is 1. The van der Waals surface area contributed by atoms with E-state index < -0.39 is 0 Å². The summed E-state index contributed by atoms with van der Waals surface area (Å²) in [5, 5.41) is 6.63. The largest absolute Gasteiger partial charge is 0.385 e. The van der Waals surface area contributed by atoms with Crippen LogP contribution < -0.4 is 10.6 Å². The highest BCUT2D eigenvalue weighted by Crippen LogP contribution is 2.28. The molecule has 0 aromatic carbocycles. The molecule has 0 bridgehead atoms. The lowest BCUT2D eigenvalue weighted by Gasteiger charge is -2.11. The molecule has 1 rings (SSSR count). The van der Waals surface area contributed by atoms with Gasteiger partial charge in [0.2, 0.25) is 0 Å². The molecule has 2 N–H and O–H groups in total. The molecule has 0 unspecified atom stereocenters. The number of hydrogen-bond donors (Lipinski definition) is 2. The molecule has 5 heteroatoms. The van der Waals surface area contributed by atoms with E-state index in [1.165, 1.54) is 19.3 Å². The zero-order valence-corrected chi connectivity index (χ0v) is 13.1. The van der Waals surface area contributed by atoms with Crippen molar-refractivity contribution in [2.75, 3.05) is 47.1 Å². The number of rotatable bonds is 12. The van der Waals surface area contributed by atoms with Crippen molar-refractivity contribution in [3.8, 4) is 0 Å². The number of unbranched alkanes of at least 4 members (excludes halogenated alkanes) is 2. The minimum Gasteiger partial charge on any atom is -0.385 e. The minimum absolute atomic E-state index is 0.845. The van der Waals surface area contributed by atoms with E-state index in [1.54, 1.807) is 7.11 Å². The van der Waals surface area contributed by atoms with Crippen molar-refractivity contribution in [2.45, 2.75) is 38.5 Å². The lowest BCUT2D eigenvalue weighted by molar-refractivity contribution is 0.123. The predicted molar refractivity (Wildman–Crippen MR) is 83.3 cm³/mol. The molecule has 0 spiro atoms. The number of aliphatic imine (C=N–C) groups is 1. The first-order valence-corrected chi connectivity index (χ1v) is 7.88. The predicted octanol–water partition coefficient (Wildman–Crippen LogP) is 1.78. The Hall–Kier alpha value is -0.810. The van der Waals surface area contributed by atoms with Crippen molar-refractivity contribution in [3.63, 3.8) is 0 Å². The molecule has 0 amide bonds. The molecule has 1 aliphatic carbocycles. The fraction of sp³-hybridized carbons (Fsp3) is 0.933. The van der Waals surface area contributed by atoms with Crippen LogP contribution in [0.5, 0.6) is 0 Å². The first-order valence-electron chi connectivity index (χ1n) is 7.88. The lowest BCUT2D eigenvalue weighted by Crippen LogP contribution is -2.38. The SMILES string of the molecule is CN=C(NCCCCCOC)NCCCOCC1CC1. The fourth-order valence-corrected chi connectivity index (χ4v) is 1.89. The highest BCUT2D eigenvalue weighted by atomic mass is 16.5. The van der Waals surface area contributed by atoms with E-state index in [0.29, 0.717) is 0 Å². The van der Waals surface area contributed by atoms with Gasteiger partial charge in [-0.1, -0.05) is 0 Å². The molecule has 0 saturated heterocycles. The van der Waals surface area contributed by atoms with Gasteiger partial charge in [-0.2, -0.15) is 0 Å². The fourth-order valence-electron chi connectivity index (χ4n) is 1.89. The van der Waals surface area contributed by atoms with Crippen molar-refractivity contribution >= 4 is 5.96 Å². The molecule has 0 radical (unpaired) electrons. The van der Waals surface area contributed by atoms with Crippen molar-refractivity contribution in [3.05, 3.63) is 0 Å². The quantitative estimate of drug-likeness (QED) is 0.326. The first kappa shape index (κ1) is 17.2. The summed E-state index contributed by atoms with van der Waals surface area (Å²) >= 11 is 0. The number of nitrogens with zero attached hydrogens (tertiary/aromatic N) is 1. The molecule has 1 saturated carbocycles. The Kier molecular flexibility index (Phi) is 10.3. The van der Waals surface area contributed by atoms with Crippen molar-refractivity contribution in [1.82, 2.24) is 10.6 Å². The summed E-state index contributed by atoms with van der Waals surface area (Å²) in [6.45, 7) is 4.52. The van der Waals surface area contributed by atoms with Crippen LogP contribution in [-0.2, 0) is 9.47 Å². The first-order chi connectivity index (χ1) is 9.86. The third-order valence-corrected chi connectivity index (χ3v) is 3.35. The normalized spacial score (nSPS) is 15.4. The average Bonchev–Trinajstić information content (AvgIpc) is 3.28. The molecule has 0 heterocycles. The number of methoxy groups -OCH3 is 1. The second-order valence-corrected chi connectivity index (χ2v) is 5.35. The van der Waals surface area contributed by atoms with Crippen LogP contribution in [0, 0.1) is 5.92 Å². The van der Waals surface area contributed by atoms with Gasteiger partial charge < -0.3 is 20.1 Å². The van der Waals surface area contributed by atoms with Gasteiger partial charge in [0.1, 0.15) is 0 Å².